The van der Waals surface area contributed by atoms with Crippen molar-refractivity contribution in [2.24, 2.45) is 10.9 Å². The summed E-state index contributed by atoms with van der Waals surface area (Å²) in [5.74, 6) is 1.46. The van der Waals surface area contributed by atoms with Crippen molar-refractivity contribution in [1.82, 2.24) is 20.9 Å². The molecule has 1 aliphatic rings. The topological polar surface area (TPSA) is 87.6 Å². The van der Waals surface area contributed by atoms with Gasteiger partial charge >= 0.3 is 0 Å². The average molecular weight is 527 g/mol. The number of guanidine groups is 1. The second-order valence-corrected chi connectivity index (χ2v) is 6.75. The van der Waals surface area contributed by atoms with Gasteiger partial charge in [-0.15, -0.1) is 24.0 Å². The van der Waals surface area contributed by atoms with E-state index in [0.29, 0.717) is 37.2 Å². The molecule has 0 bridgehead atoms. The van der Waals surface area contributed by atoms with E-state index >= 15 is 0 Å². The Kier molecular flexibility index (Phi) is 9.78. The van der Waals surface area contributed by atoms with Crippen LogP contribution in [0.1, 0.15) is 25.3 Å². The molecule has 1 heterocycles. The van der Waals surface area contributed by atoms with Crippen molar-refractivity contribution in [3.8, 4) is 11.6 Å². The maximum atomic E-state index is 13.2. The van der Waals surface area contributed by atoms with Crippen LogP contribution in [0.4, 0.5) is 4.39 Å². The minimum Gasteiger partial charge on any atom is -0.439 e. The molecule has 1 aliphatic carbocycles. The number of hydrogen-bond acceptors (Lipinski definition) is 4. The number of rotatable bonds is 9. The normalized spacial score (nSPS) is 13.2. The molecule has 0 saturated heterocycles. The van der Waals surface area contributed by atoms with Gasteiger partial charge in [0.05, 0.1) is 6.54 Å². The Labute approximate surface area is 192 Å². The first-order chi connectivity index (χ1) is 14.1. The zero-order chi connectivity index (χ0) is 20.5. The monoisotopic (exact) mass is 527 g/mol. The molecule has 1 amide bonds. The minimum atomic E-state index is -0.357. The zero-order valence-corrected chi connectivity index (χ0v) is 19.2. The Balaban J connectivity index is 0.00000320. The lowest BCUT2D eigenvalue weighted by molar-refractivity contribution is -0.122. The second-order valence-electron chi connectivity index (χ2n) is 6.75. The standard InChI is InChI=1S/C21H26FN5O2.HI/c1-2-23-21(25-11-10-24-20(28)16-7-8-16)27-14-15-6-9-19(26-13-15)29-18-5-3-4-17(22)12-18;/h3-6,9,12-13,16H,2,7-8,10-11,14H2,1H3,(H,24,28)(H2,23,25,27);1H. The Morgan fingerprint density at radius 2 is 2.00 bits per heavy atom. The predicted molar refractivity (Wildman–Crippen MR) is 125 cm³/mol. The molecule has 0 atom stereocenters. The van der Waals surface area contributed by atoms with Crippen LogP contribution in [-0.2, 0) is 11.3 Å². The van der Waals surface area contributed by atoms with E-state index in [-0.39, 0.29) is 41.6 Å². The highest BCUT2D eigenvalue weighted by molar-refractivity contribution is 14.0. The van der Waals surface area contributed by atoms with Crippen LogP contribution in [0.2, 0.25) is 0 Å². The van der Waals surface area contributed by atoms with Crippen LogP contribution in [0, 0.1) is 11.7 Å². The number of pyridine rings is 1. The summed E-state index contributed by atoms with van der Waals surface area (Å²) < 4.78 is 18.8. The van der Waals surface area contributed by atoms with Crippen LogP contribution < -0.4 is 20.7 Å². The van der Waals surface area contributed by atoms with Gasteiger partial charge in [0.1, 0.15) is 11.6 Å². The van der Waals surface area contributed by atoms with Gasteiger partial charge in [0.25, 0.3) is 0 Å². The molecule has 3 N–H and O–H groups in total. The molecule has 1 aromatic carbocycles. The molecule has 2 aromatic rings. The number of hydrogen-bond donors (Lipinski definition) is 3. The molecule has 0 unspecified atom stereocenters. The predicted octanol–water partition coefficient (Wildman–Crippen LogP) is 3.21. The van der Waals surface area contributed by atoms with E-state index in [2.05, 4.69) is 25.9 Å². The van der Waals surface area contributed by atoms with Gasteiger partial charge in [0.2, 0.25) is 11.8 Å². The average Bonchev–Trinajstić information content (AvgIpc) is 3.56. The summed E-state index contributed by atoms with van der Waals surface area (Å²) >= 11 is 0. The fraction of sp³-hybridized carbons (Fsp3) is 0.381. The Morgan fingerprint density at radius 1 is 1.20 bits per heavy atom. The van der Waals surface area contributed by atoms with Crippen molar-refractivity contribution >= 4 is 35.8 Å². The fourth-order valence-electron chi connectivity index (χ4n) is 2.58. The maximum Gasteiger partial charge on any atom is 0.223 e. The quantitative estimate of drug-likeness (QED) is 0.202. The van der Waals surface area contributed by atoms with E-state index in [9.17, 15) is 9.18 Å². The number of benzene rings is 1. The van der Waals surface area contributed by atoms with Crippen molar-refractivity contribution in [3.63, 3.8) is 0 Å². The van der Waals surface area contributed by atoms with Crippen molar-refractivity contribution in [2.75, 3.05) is 19.6 Å². The van der Waals surface area contributed by atoms with E-state index in [1.165, 1.54) is 12.1 Å². The molecule has 1 fully saturated rings. The summed E-state index contributed by atoms with van der Waals surface area (Å²) in [5, 5.41) is 9.28. The number of ether oxygens (including phenoxy) is 1. The lowest BCUT2D eigenvalue weighted by Gasteiger charge is -2.12. The first-order valence-electron chi connectivity index (χ1n) is 9.82. The molecule has 162 valence electrons. The van der Waals surface area contributed by atoms with Crippen LogP contribution in [0.25, 0.3) is 0 Å². The zero-order valence-electron chi connectivity index (χ0n) is 16.9. The number of amides is 1. The summed E-state index contributed by atoms with van der Waals surface area (Å²) in [6.45, 7) is 4.33. The SMILES string of the molecule is CCNC(=NCc1ccc(Oc2cccc(F)c2)nc1)NCCNC(=O)C1CC1.I. The van der Waals surface area contributed by atoms with Crippen molar-refractivity contribution in [1.29, 1.82) is 0 Å². The summed E-state index contributed by atoms with van der Waals surface area (Å²) in [6.07, 6.45) is 3.68. The number of halogens is 2. The number of carbonyl (C=O) groups excluding carboxylic acids is 1. The van der Waals surface area contributed by atoms with Gasteiger partial charge in [-0.2, -0.15) is 0 Å². The number of aliphatic imine (C=N–C) groups is 1. The first kappa shape index (κ1) is 23.8. The molecule has 9 heteroatoms. The molecule has 0 aliphatic heterocycles. The molecule has 3 rings (SSSR count). The van der Waals surface area contributed by atoms with Crippen LogP contribution >= 0.6 is 24.0 Å². The van der Waals surface area contributed by atoms with Gasteiger partial charge in [0.15, 0.2) is 5.96 Å². The van der Waals surface area contributed by atoms with E-state index < -0.39 is 0 Å². The van der Waals surface area contributed by atoms with Crippen molar-refractivity contribution in [2.45, 2.75) is 26.3 Å². The van der Waals surface area contributed by atoms with Gasteiger partial charge in [-0.05, 0) is 37.5 Å². The van der Waals surface area contributed by atoms with Crippen LogP contribution in [-0.4, -0.2) is 36.5 Å². The highest BCUT2D eigenvalue weighted by Gasteiger charge is 2.28. The molecule has 7 nitrogen and oxygen atoms in total. The molecule has 1 saturated carbocycles. The van der Waals surface area contributed by atoms with Crippen molar-refractivity contribution < 1.29 is 13.9 Å². The summed E-state index contributed by atoms with van der Waals surface area (Å²) in [6, 6.07) is 9.51. The maximum absolute atomic E-state index is 13.2. The van der Waals surface area contributed by atoms with E-state index in [1.54, 1.807) is 24.4 Å². The third kappa shape index (κ3) is 8.13. The third-order valence-electron chi connectivity index (χ3n) is 4.24. The smallest absolute Gasteiger partial charge is 0.223 e. The summed E-state index contributed by atoms with van der Waals surface area (Å²) in [4.78, 5) is 20.4. The molecule has 1 aromatic heterocycles. The van der Waals surface area contributed by atoms with Gasteiger partial charge in [-0.1, -0.05) is 12.1 Å². The molecular formula is C21H27FIN5O2. The van der Waals surface area contributed by atoms with Gasteiger partial charge in [0, 0.05) is 43.9 Å². The van der Waals surface area contributed by atoms with Gasteiger partial charge in [-0.25, -0.2) is 14.4 Å². The lowest BCUT2D eigenvalue weighted by Crippen LogP contribution is -2.41. The molecule has 0 radical (unpaired) electrons. The van der Waals surface area contributed by atoms with Gasteiger partial charge < -0.3 is 20.7 Å². The summed E-state index contributed by atoms with van der Waals surface area (Å²) in [7, 11) is 0. The van der Waals surface area contributed by atoms with Crippen LogP contribution in [0.3, 0.4) is 0 Å². The number of nitrogens with zero attached hydrogens (tertiary/aromatic N) is 2. The molecular weight excluding hydrogens is 500 g/mol. The van der Waals surface area contributed by atoms with E-state index in [4.69, 9.17) is 4.74 Å². The Hall–Kier alpha value is -2.43. The van der Waals surface area contributed by atoms with Crippen LogP contribution in [0.15, 0.2) is 47.6 Å². The number of aromatic nitrogens is 1. The Bertz CT molecular complexity index is 844. The Morgan fingerprint density at radius 3 is 2.67 bits per heavy atom. The molecule has 30 heavy (non-hydrogen) atoms. The van der Waals surface area contributed by atoms with E-state index in [1.807, 2.05) is 13.0 Å². The highest BCUT2D eigenvalue weighted by Crippen LogP contribution is 2.28. The number of carbonyl (C=O) groups is 1. The minimum absolute atomic E-state index is 0. The largest absolute Gasteiger partial charge is 0.439 e. The highest BCUT2D eigenvalue weighted by atomic mass is 127. The molecule has 0 spiro atoms. The fourth-order valence-corrected chi connectivity index (χ4v) is 2.58. The van der Waals surface area contributed by atoms with Gasteiger partial charge in [-0.3, -0.25) is 4.79 Å². The van der Waals surface area contributed by atoms with Crippen molar-refractivity contribution in [3.05, 3.63) is 54.0 Å². The lowest BCUT2D eigenvalue weighted by atomic mass is 10.3. The van der Waals surface area contributed by atoms with Crippen LogP contribution in [0.5, 0.6) is 11.6 Å². The third-order valence-corrected chi connectivity index (χ3v) is 4.24. The summed E-state index contributed by atoms with van der Waals surface area (Å²) in [5.41, 5.74) is 0.913. The van der Waals surface area contributed by atoms with E-state index in [0.717, 1.165) is 24.9 Å². The second kappa shape index (κ2) is 12.3. The first-order valence-corrected chi connectivity index (χ1v) is 9.82. The number of nitrogens with one attached hydrogen (secondary N) is 3.